The summed E-state index contributed by atoms with van der Waals surface area (Å²) in [6, 6.07) is 18.6. The Balaban J connectivity index is 1.60. The van der Waals surface area contributed by atoms with E-state index in [0.29, 0.717) is 0 Å². The Hall–Kier alpha value is -2.65. The summed E-state index contributed by atoms with van der Waals surface area (Å²) in [5.74, 6) is 0. The van der Waals surface area contributed by atoms with Gasteiger partial charge in [0, 0.05) is 5.41 Å². The largest absolute Gasteiger partial charge is 0.384 e. The van der Waals surface area contributed by atoms with E-state index in [-0.39, 0.29) is 5.41 Å². The lowest BCUT2D eigenvalue weighted by Crippen LogP contribution is -2.42. The molecule has 1 saturated carbocycles. The van der Waals surface area contributed by atoms with Crippen molar-refractivity contribution >= 4 is 6.08 Å². The van der Waals surface area contributed by atoms with Crippen LogP contribution in [0.25, 0.3) is 11.8 Å². The van der Waals surface area contributed by atoms with Gasteiger partial charge in [0.2, 0.25) is 0 Å². The second kappa shape index (κ2) is 5.67. The predicted molar refractivity (Wildman–Crippen MR) is 108 cm³/mol. The fourth-order valence-corrected chi connectivity index (χ4v) is 4.92. The molecule has 2 aliphatic carbocycles. The second-order valence-electron chi connectivity index (χ2n) is 8.21. The summed E-state index contributed by atoms with van der Waals surface area (Å²) < 4.78 is 2.03. The van der Waals surface area contributed by atoms with Crippen LogP contribution in [0.2, 0.25) is 0 Å². The lowest BCUT2D eigenvalue weighted by Gasteiger charge is -2.42. The monoisotopic (exact) mass is 356 g/mol. The van der Waals surface area contributed by atoms with Gasteiger partial charge in [-0.2, -0.15) is 5.10 Å². The first-order valence-electron chi connectivity index (χ1n) is 9.64. The van der Waals surface area contributed by atoms with E-state index in [2.05, 4.69) is 61.4 Å². The Morgan fingerprint density at radius 3 is 2.52 bits per heavy atom. The van der Waals surface area contributed by atoms with E-state index in [1.165, 1.54) is 16.7 Å². The highest BCUT2D eigenvalue weighted by molar-refractivity contribution is 5.63. The lowest BCUT2D eigenvalue weighted by atomic mass is 9.65. The van der Waals surface area contributed by atoms with E-state index in [0.717, 1.165) is 36.2 Å². The Bertz CT molecular complexity index is 1030. The maximum atomic E-state index is 11.7. The summed E-state index contributed by atoms with van der Waals surface area (Å²) in [6.07, 6.45) is 6.73. The molecule has 3 nitrogen and oxygen atoms in total. The molecule has 27 heavy (non-hydrogen) atoms. The number of hydrogen-bond donors (Lipinski definition) is 1. The first kappa shape index (κ1) is 16.5. The van der Waals surface area contributed by atoms with Crippen molar-refractivity contribution in [1.29, 1.82) is 0 Å². The summed E-state index contributed by atoms with van der Waals surface area (Å²) in [6.45, 7) is 4.31. The molecule has 1 heterocycles. The number of aliphatic hydroxyl groups is 1. The summed E-state index contributed by atoms with van der Waals surface area (Å²) in [5, 5.41) is 16.4. The number of benzene rings is 2. The summed E-state index contributed by atoms with van der Waals surface area (Å²) in [5.41, 5.74) is 5.92. The zero-order chi connectivity index (χ0) is 18.6. The SMILES string of the molecule is Cc1ccc(-n2ncc3c2C=C2CC[C@@](O)(c4ccccc4)[C@@]2(C)C3)cc1. The Labute approximate surface area is 160 Å². The Morgan fingerprint density at radius 1 is 1.04 bits per heavy atom. The van der Waals surface area contributed by atoms with Crippen LogP contribution < -0.4 is 0 Å². The lowest BCUT2D eigenvalue weighted by molar-refractivity contribution is -0.0454. The number of hydrogen-bond acceptors (Lipinski definition) is 2. The fourth-order valence-electron chi connectivity index (χ4n) is 4.92. The van der Waals surface area contributed by atoms with Crippen molar-refractivity contribution in [3.05, 3.63) is 88.8 Å². The molecule has 1 N–H and O–H groups in total. The van der Waals surface area contributed by atoms with Crippen molar-refractivity contribution in [1.82, 2.24) is 9.78 Å². The molecule has 0 spiro atoms. The zero-order valence-corrected chi connectivity index (χ0v) is 15.8. The van der Waals surface area contributed by atoms with E-state index in [1.807, 2.05) is 29.1 Å². The molecule has 0 saturated heterocycles. The number of rotatable bonds is 2. The molecular weight excluding hydrogens is 332 g/mol. The van der Waals surface area contributed by atoms with Crippen LogP contribution in [0.1, 0.15) is 42.1 Å². The molecule has 5 rings (SSSR count). The van der Waals surface area contributed by atoms with E-state index in [4.69, 9.17) is 0 Å². The third-order valence-electron chi connectivity index (χ3n) is 6.65. The summed E-state index contributed by atoms with van der Waals surface area (Å²) >= 11 is 0. The molecule has 0 aliphatic heterocycles. The van der Waals surface area contributed by atoms with Gasteiger partial charge in [-0.3, -0.25) is 0 Å². The van der Waals surface area contributed by atoms with Crippen LogP contribution in [0.3, 0.4) is 0 Å². The normalized spacial score (nSPS) is 26.4. The molecule has 3 heteroatoms. The van der Waals surface area contributed by atoms with Crippen molar-refractivity contribution in [2.75, 3.05) is 0 Å². The molecule has 0 amide bonds. The summed E-state index contributed by atoms with van der Waals surface area (Å²) in [4.78, 5) is 0. The molecule has 2 aliphatic rings. The van der Waals surface area contributed by atoms with Gasteiger partial charge in [-0.15, -0.1) is 0 Å². The number of fused-ring (bicyclic) bond motifs is 2. The maximum absolute atomic E-state index is 11.7. The van der Waals surface area contributed by atoms with Crippen molar-refractivity contribution in [3.63, 3.8) is 0 Å². The van der Waals surface area contributed by atoms with E-state index >= 15 is 0 Å². The van der Waals surface area contributed by atoms with Gasteiger partial charge < -0.3 is 5.11 Å². The highest BCUT2D eigenvalue weighted by atomic mass is 16.3. The first-order valence-corrected chi connectivity index (χ1v) is 9.64. The Morgan fingerprint density at radius 2 is 1.78 bits per heavy atom. The van der Waals surface area contributed by atoms with Crippen LogP contribution in [-0.2, 0) is 12.0 Å². The van der Waals surface area contributed by atoms with Crippen LogP contribution in [0.5, 0.6) is 0 Å². The van der Waals surface area contributed by atoms with Crippen molar-refractivity contribution in [3.8, 4) is 5.69 Å². The molecule has 0 bridgehead atoms. The number of aromatic nitrogens is 2. The average molecular weight is 356 g/mol. The van der Waals surface area contributed by atoms with Gasteiger partial charge in [0.1, 0.15) is 0 Å². The standard InChI is InChI=1S/C24H24N2O/c1-17-8-10-21(11-9-17)26-22-14-20-12-13-24(27,19-6-4-3-5-7-19)23(20,2)15-18(22)16-25-26/h3-11,14,16,27H,12-13,15H2,1-2H3/t23-,24+/m0/s1. The van der Waals surface area contributed by atoms with Gasteiger partial charge in [-0.05, 0) is 55.5 Å². The van der Waals surface area contributed by atoms with Gasteiger partial charge in [0.05, 0.1) is 23.2 Å². The Kier molecular flexibility index (Phi) is 3.47. The van der Waals surface area contributed by atoms with Gasteiger partial charge >= 0.3 is 0 Å². The van der Waals surface area contributed by atoms with E-state index < -0.39 is 5.60 Å². The minimum Gasteiger partial charge on any atom is -0.384 e. The van der Waals surface area contributed by atoms with Crippen LogP contribution in [0.15, 0.2) is 66.4 Å². The topological polar surface area (TPSA) is 38.0 Å². The minimum absolute atomic E-state index is 0.289. The van der Waals surface area contributed by atoms with E-state index in [1.54, 1.807) is 0 Å². The van der Waals surface area contributed by atoms with E-state index in [9.17, 15) is 5.11 Å². The average Bonchev–Trinajstić information content (AvgIpc) is 3.20. The highest BCUT2D eigenvalue weighted by Gasteiger charge is 2.56. The molecule has 1 fully saturated rings. The smallest absolute Gasteiger partial charge is 0.0993 e. The van der Waals surface area contributed by atoms with Crippen LogP contribution in [0.4, 0.5) is 0 Å². The zero-order valence-electron chi connectivity index (χ0n) is 15.8. The first-order chi connectivity index (χ1) is 13.0. The predicted octanol–water partition coefficient (Wildman–Crippen LogP) is 4.81. The van der Waals surface area contributed by atoms with Crippen molar-refractivity contribution in [2.24, 2.45) is 5.41 Å². The molecule has 0 radical (unpaired) electrons. The molecular formula is C24H24N2O. The highest BCUT2D eigenvalue weighted by Crippen LogP contribution is 2.59. The number of aryl methyl sites for hydroxylation is 1. The third-order valence-corrected chi connectivity index (χ3v) is 6.65. The molecule has 136 valence electrons. The van der Waals surface area contributed by atoms with Gasteiger partial charge in [-0.25, -0.2) is 4.68 Å². The summed E-state index contributed by atoms with van der Waals surface area (Å²) in [7, 11) is 0. The van der Waals surface area contributed by atoms with Gasteiger partial charge in [0.25, 0.3) is 0 Å². The molecule has 3 aromatic rings. The third kappa shape index (κ3) is 2.28. The maximum Gasteiger partial charge on any atom is 0.0993 e. The van der Waals surface area contributed by atoms with Gasteiger partial charge in [-0.1, -0.05) is 60.5 Å². The molecule has 2 atom stereocenters. The quantitative estimate of drug-likeness (QED) is 0.716. The van der Waals surface area contributed by atoms with Gasteiger partial charge in [0.15, 0.2) is 0 Å². The molecule has 1 aromatic heterocycles. The minimum atomic E-state index is -0.830. The van der Waals surface area contributed by atoms with Crippen molar-refractivity contribution in [2.45, 2.75) is 38.7 Å². The number of nitrogens with zero attached hydrogens (tertiary/aromatic N) is 2. The van der Waals surface area contributed by atoms with Crippen molar-refractivity contribution < 1.29 is 5.11 Å². The van der Waals surface area contributed by atoms with Crippen LogP contribution in [-0.4, -0.2) is 14.9 Å². The van der Waals surface area contributed by atoms with Crippen LogP contribution >= 0.6 is 0 Å². The molecule has 2 aromatic carbocycles. The van der Waals surface area contributed by atoms with Crippen LogP contribution in [0, 0.1) is 12.3 Å². The second-order valence-corrected chi connectivity index (χ2v) is 8.21. The molecule has 0 unspecified atom stereocenters. The fraction of sp³-hybridized carbons (Fsp3) is 0.292.